The van der Waals surface area contributed by atoms with E-state index in [1.165, 1.54) is 11.0 Å². The van der Waals surface area contributed by atoms with E-state index in [0.29, 0.717) is 17.5 Å². The lowest BCUT2D eigenvalue weighted by molar-refractivity contribution is -0.143. The van der Waals surface area contributed by atoms with Crippen molar-refractivity contribution >= 4 is 17.9 Å². The summed E-state index contributed by atoms with van der Waals surface area (Å²) in [6, 6.07) is 2.67. The monoisotopic (exact) mass is 561 g/mol. The van der Waals surface area contributed by atoms with Crippen LogP contribution in [0.5, 0.6) is 5.75 Å². The Labute approximate surface area is 240 Å². The number of hydrogen-bond donors (Lipinski definition) is 4. The predicted molar refractivity (Wildman–Crippen MR) is 156 cm³/mol. The van der Waals surface area contributed by atoms with E-state index in [-0.39, 0.29) is 24.2 Å². The zero-order chi connectivity index (χ0) is 29.7. The van der Waals surface area contributed by atoms with E-state index in [9.17, 15) is 24.6 Å². The van der Waals surface area contributed by atoms with Gasteiger partial charge in [0.2, 0.25) is 11.8 Å². The molecule has 1 fully saturated rings. The maximum absolute atomic E-state index is 14.0. The predicted octanol–water partition coefficient (Wildman–Crippen LogP) is 5.27. The lowest BCUT2D eigenvalue weighted by atomic mass is 9.94. The molecule has 4 N–H and O–H groups in total. The largest absolute Gasteiger partial charge is 0.508 e. The SMILES string of the molecule is CCCCCCCCN(C(=O)C(CO)NC(=O)OC(C)(C)C)C(C(=O)NC1CCCCC1)c1ccc(O)c(C)c1. The number of aromatic hydroxyl groups is 1. The molecule has 40 heavy (non-hydrogen) atoms. The molecule has 0 aliphatic heterocycles. The molecule has 1 aliphatic carbocycles. The normalized spacial score (nSPS) is 15.7. The number of alkyl carbamates (subject to hydrolysis) is 1. The number of aliphatic hydroxyl groups is 1. The van der Waals surface area contributed by atoms with Gasteiger partial charge in [-0.2, -0.15) is 0 Å². The van der Waals surface area contributed by atoms with Gasteiger partial charge in [0, 0.05) is 12.6 Å². The molecule has 1 aliphatic rings. The number of benzene rings is 1. The fourth-order valence-corrected chi connectivity index (χ4v) is 5.11. The minimum absolute atomic E-state index is 0.0292. The van der Waals surface area contributed by atoms with Crippen molar-refractivity contribution in [2.45, 2.75) is 129 Å². The molecule has 3 amide bonds. The van der Waals surface area contributed by atoms with Gasteiger partial charge in [-0.15, -0.1) is 0 Å². The van der Waals surface area contributed by atoms with Crippen molar-refractivity contribution < 1.29 is 29.3 Å². The van der Waals surface area contributed by atoms with E-state index >= 15 is 0 Å². The molecule has 226 valence electrons. The summed E-state index contributed by atoms with van der Waals surface area (Å²) in [4.78, 5) is 41.9. The first-order valence-corrected chi connectivity index (χ1v) is 15.0. The smallest absolute Gasteiger partial charge is 0.408 e. The number of aliphatic hydroxyl groups excluding tert-OH is 1. The van der Waals surface area contributed by atoms with E-state index in [4.69, 9.17) is 4.74 Å². The van der Waals surface area contributed by atoms with Gasteiger partial charge >= 0.3 is 6.09 Å². The fourth-order valence-electron chi connectivity index (χ4n) is 5.11. The minimum atomic E-state index is -1.28. The maximum Gasteiger partial charge on any atom is 0.408 e. The highest BCUT2D eigenvalue weighted by Crippen LogP contribution is 2.29. The molecule has 2 atom stereocenters. The van der Waals surface area contributed by atoms with Gasteiger partial charge in [0.25, 0.3) is 0 Å². The zero-order valence-corrected chi connectivity index (χ0v) is 25.1. The Balaban J connectivity index is 2.40. The third-order valence-electron chi connectivity index (χ3n) is 7.26. The van der Waals surface area contributed by atoms with Crippen molar-refractivity contribution in [3.63, 3.8) is 0 Å². The highest BCUT2D eigenvalue weighted by Gasteiger charge is 2.37. The molecule has 0 saturated heterocycles. The second-order valence-corrected chi connectivity index (χ2v) is 12.0. The van der Waals surface area contributed by atoms with Crippen molar-refractivity contribution in [3.05, 3.63) is 29.3 Å². The molecule has 0 radical (unpaired) electrons. The van der Waals surface area contributed by atoms with Gasteiger partial charge in [0.05, 0.1) is 6.61 Å². The summed E-state index contributed by atoms with van der Waals surface area (Å²) in [5, 5.41) is 26.0. The third-order valence-corrected chi connectivity index (χ3v) is 7.26. The summed E-state index contributed by atoms with van der Waals surface area (Å²) in [7, 11) is 0. The maximum atomic E-state index is 14.0. The molecule has 9 nitrogen and oxygen atoms in total. The number of rotatable bonds is 14. The summed E-state index contributed by atoms with van der Waals surface area (Å²) in [5.41, 5.74) is 0.375. The summed E-state index contributed by atoms with van der Waals surface area (Å²) < 4.78 is 5.32. The lowest BCUT2D eigenvalue weighted by Crippen LogP contribution is -2.55. The van der Waals surface area contributed by atoms with Crippen molar-refractivity contribution in [2.24, 2.45) is 0 Å². The van der Waals surface area contributed by atoms with Crippen LogP contribution in [0.3, 0.4) is 0 Å². The molecule has 2 unspecified atom stereocenters. The van der Waals surface area contributed by atoms with E-state index < -0.39 is 36.3 Å². The van der Waals surface area contributed by atoms with E-state index in [2.05, 4.69) is 17.6 Å². The Morgan fingerprint density at radius 2 is 1.70 bits per heavy atom. The summed E-state index contributed by atoms with van der Waals surface area (Å²) >= 11 is 0. The summed E-state index contributed by atoms with van der Waals surface area (Å²) in [6.45, 7) is 8.68. The third kappa shape index (κ3) is 11.0. The Hall–Kier alpha value is -2.81. The Morgan fingerprint density at radius 1 is 1.05 bits per heavy atom. The van der Waals surface area contributed by atoms with Crippen molar-refractivity contribution in [2.75, 3.05) is 13.2 Å². The Bertz CT molecular complexity index is 955. The average molecular weight is 562 g/mol. The number of carbonyl (C=O) groups is 3. The molecular formula is C31H51N3O6. The van der Waals surface area contributed by atoms with Crippen LogP contribution >= 0.6 is 0 Å². The van der Waals surface area contributed by atoms with Crippen molar-refractivity contribution in [1.29, 1.82) is 0 Å². The molecule has 2 rings (SSSR count). The van der Waals surface area contributed by atoms with Crippen LogP contribution in [-0.2, 0) is 14.3 Å². The van der Waals surface area contributed by atoms with Crippen LogP contribution in [0.15, 0.2) is 18.2 Å². The van der Waals surface area contributed by atoms with Gasteiger partial charge in [-0.25, -0.2) is 4.79 Å². The number of phenols is 1. The summed E-state index contributed by atoms with van der Waals surface area (Å²) in [6.07, 6.45) is 10.1. The van der Waals surface area contributed by atoms with Gasteiger partial charge < -0.3 is 30.5 Å². The van der Waals surface area contributed by atoms with Gasteiger partial charge in [-0.3, -0.25) is 9.59 Å². The van der Waals surface area contributed by atoms with Gasteiger partial charge in [-0.1, -0.05) is 64.4 Å². The molecule has 0 spiro atoms. The standard InChI is InChI=1S/C31H51N3O6/c1-6-7-8-9-10-14-19-34(29(38)25(21-35)33-30(39)40-31(3,4)5)27(23-17-18-26(36)22(2)20-23)28(37)32-24-15-12-11-13-16-24/h17-18,20,24-25,27,35-36H,6-16,19,21H2,1-5H3,(H,32,37)(H,33,39). The van der Waals surface area contributed by atoms with Crippen molar-refractivity contribution in [3.8, 4) is 5.75 Å². The fraction of sp³-hybridized carbons (Fsp3) is 0.710. The quantitative estimate of drug-likeness (QED) is 0.229. The van der Waals surface area contributed by atoms with Crippen LogP contribution < -0.4 is 10.6 Å². The molecule has 0 heterocycles. The minimum Gasteiger partial charge on any atom is -0.508 e. The number of carbonyl (C=O) groups excluding carboxylic acids is 3. The molecule has 1 aromatic carbocycles. The molecule has 1 aromatic rings. The number of ether oxygens (including phenoxy) is 1. The van der Waals surface area contributed by atoms with Gasteiger partial charge in [0.1, 0.15) is 23.4 Å². The molecule has 1 saturated carbocycles. The van der Waals surface area contributed by atoms with Crippen LogP contribution in [0.4, 0.5) is 4.79 Å². The number of nitrogens with zero attached hydrogens (tertiary/aromatic N) is 1. The van der Waals surface area contributed by atoms with Gasteiger partial charge in [0.15, 0.2) is 0 Å². The number of unbranched alkanes of at least 4 members (excludes halogenated alkanes) is 5. The van der Waals surface area contributed by atoms with Crippen LogP contribution in [0, 0.1) is 6.92 Å². The van der Waals surface area contributed by atoms with Crippen LogP contribution in [0.2, 0.25) is 0 Å². The van der Waals surface area contributed by atoms with Crippen LogP contribution in [0.1, 0.15) is 115 Å². The van der Waals surface area contributed by atoms with E-state index in [0.717, 1.165) is 64.2 Å². The number of phenolic OH excluding ortho intramolecular Hbond substituents is 1. The number of hydrogen-bond acceptors (Lipinski definition) is 6. The molecule has 0 bridgehead atoms. The first kappa shape index (κ1) is 33.4. The number of amides is 3. The lowest BCUT2D eigenvalue weighted by Gasteiger charge is -2.35. The molecule has 0 aromatic heterocycles. The van der Waals surface area contributed by atoms with Crippen LogP contribution in [0.25, 0.3) is 0 Å². The highest BCUT2D eigenvalue weighted by molar-refractivity contribution is 5.92. The summed E-state index contributed by atoms with van der Waals surface area (Å²) in [5.74, 6) is -0.759. The van der Waals surface area contributed by atoms with Crippen LogP contribution in [-0.4, -0.2) is 63.9 Å². The van der Waals surface area contributed by atoms with E-state index in [1.807, 2.05) is 0 Å². The average Bonchev–Trinajstić information content (AvgIpc) is 2.89. The Morgan fingerprint density at radius 3 is 2.30 bits per heavy atom. The first-order valence-electron chi connectivity index (χ1n) is 15.0. The first-order chi connectivity index (χ1) is 19.0. The Kier molecular flexibility index (Phi) is 13.7. The second kappa shape index (κ2) is 16.5. The topological polar surface area (TPSA) is 128 Å². The van der Waals surface area contributed by atoms with E-state index in [1.54, 1.807) is 39.8 Å². The molecular weight excluding hydrogens is 510 g/mol. The molecule has 9 heteroatoms. The highest BCUT2D eigenvalue weighted by atomic mass is 16.6. The van der Waals surface area contributed by atoms with Gasteiger partial charge in [-0.05, 0) is 70.2 Å². The number of nitrogens with one attached hydrogen (secondary N) is 2. The zero-order valence-electron chi connectivity index (χ0n) is 25.1. The number of aryl methyl sites for hydroxylation is 1. The van der Waals surface area contributed by atoms with Crippen molar-refractivity contribution in [1.82, 2.24) is 15.5 Å². The second-order valence-electron chi connectivity index (χ2n) is 12.0.